The fraction of sp³-hybridized carbons (Fsp3) is 0.652. The highest BCUT2D eigenvalue weighted by atomic mass is 16.7. The Morgan fingerprint density at radius 1 is 1.13 bits per heavy atom. The molecule has 4 rings (SSSR count). The van der Waals surface area contributed by atoms with Crippen molar-refractivity contribution in [1.29, 1.82) is 0 Å². The van der Waals surface area contributed by atoms with Gasteiger partial charge in [-0.25, -0.2) is 0 Å². The second-order valence-electron chi connectivity index (χ2n) is 8.70. The molecule has 7 heteroatoms. The van der Waals surface area contributed by atoms with Gasteiger partial charge in [0.25, 0.3) is 5.91 Å². The molecular formula is C23H32N2O5. The lowest BCUT2D eigenvalue weighted by molar-refractivity contribution is -0.133. The highest BCUT2D eigenvalue weighted by Gasteiger charge is 2.43. The zero-order valence-electron chi connectivity index (χ0n) is 17.9. The third-order valence-corrected chi connectivity index (χ3v) is 6.74. The zero-order valence-corrected chi connectivity index (χ0v) is 17.9. The highest BCUT2D eigenvalue weighted by molar-refractivity contribution is 5.99. The fourth-order valence-electron chi connectivity index (χ4n) is 4.57. The van der Waals surface area contributed by atoms with Crippen LogP contribution in [0.25, 0.3) is 0 Å². The van der Waals surface area contributed by atoms with Crippen LogP contribution in [0.15, 0.2) is 18.2 Å². The van der Waals surface area contributed by atoms with Crippen molar-refractivity contribution in [3.05, 3.63) is 23.8 Å². The maximum Gasteiger partial charge on any atom is 0.254 e. The molecular weight excluding hydrogens is 384 g/mol. The number of hydrogen-bond acceptors (Lipinski definition) is 5. The van der Waals surface area contributed by atoms with Crippen molar-refractivity contribution in [3.63, 3.8) is 0 Å². The number of ether oxygens (including phenoxy) is 3. The molecule has 2 heterocycles. The Labute approximate surface area is 178 Å². The molecule has 7 nitrogen and oxygen atoms in total. The second-order valence-corrected chi connectivity index (χ2v) is 8.70. The van der Waals surface area contributed by atoms with Crippen molar-refractivity contribution >= 4 is 11.8 Å². The van der Waals surface area contributed by atoms with E-state index in [0.29, 0.717) is 36.6 Å². The predicted octanol–water partition coefficient (Wildman–Crippen LogP) is 3.26. The summed E-state index contributed by atoms with van der Waals surface area (Å²) in [5, 5.41) is 3.21. The van der Waals surface area contributed by atoms with Gasteiger partial charge in [-0.15, -0.1) is 0 Å². The summed E-state index contributed by atoms with van der Waals surface area (Å²) in [5.41, 5.74) is -0.465. The summed E-state index contributed by atoms with van der Waals surface area (Å²) in [4.78, 5) is 28.8. The van der Waals surface area contributed by atoms with Crippen molar-refractivity contribution < 1.29 is 23.8 Å². The number of amides is 2. The van der Waals surface area contributed by atoms with Crippen LogP contribution in [0.4, 0.5) is 0 Å². The molecule has 1 aromatic carbocycles. The molecule has 0 unspecified atom stereocenters. The third kappa shape index (κ3) is 4.13. The number of carbonyl (C=O) groups is 2. The molecule has 30 heavy (non-hydrogen) atoms. The average molecular weight is 417 g/mol. The summed E-state index contributed by atoms with van der Waals surface area (Å²) >= 11 is 0. The van der Waals surface area contributed by atoms with E-state index in [1.165, 1.54) is 0 Å². The van der Waals surface area contributed by atoms with E-state index < -0.39 is 5.54 Å². The highest BCUT2D eigenvalue weighted by Crippen LogP contribution is 2.34. The Hall–Kier alpha value is -2.28. The molecule has 164 valence electrons. The zero-order chi connectivity index (χ0) is 21.1. The van der Waals surface area contributed by atoms with Gasteiger partial charge < -0.3 is 24.4 Å². The van der Waals surface area contributed by atoms with Crippen LogP contribution in [0.5, 0.6) is 11.5 Å². The smallest absolute Gasteiger partial charge is 0.254 e. The van der Waals surface area contributed by atoms with Crippen molar-refractivity contribution in [2.75, 3.05) is 19.9 Å². The lowest BCUT2D eigenvalue weighted by Gasteiger charge is -2.41. The van der Waals surface area contributed by atoms with E-state index in [2.05, 4.69) is 5.32 Å². The number of nitrogens with one attached hydrogen (secondary N) is 1. The first-order valence-electron chi connectivity index (χ1n) is 11.2. The van der Waals surface area contributed by atoms with E-state index in [9.17, 15) is 9.59 Å². The van der Waals surface area contributed by atoms with Gasteiger partial charge in [0.1, 0.15) is 5.54 Å². The largest absolute Gasteiger partial charge is 0.454 e. The Morgan fingerprint density at radius 2 is 1.90 bits per heavy atom. The number of carbonyl (C=O) groups excluding carboxylic acids is 2. The molecule has 0 spiro atoms. The van der Waals surface area contributed by atoms with Crippen molar-refractivity contribution in [1.82, 2.24) is 10.2 Å². The van der Waals surface area contributed by atoms with E-state index in [4.69, 9.17) is 14.2 Å². The molecule has 2 fully saturated rings. The van der Waals surface area contributed by atoms with Crippen LogP contribution in [0, 0.1) is 0 Å². The Bertz CT molecular complexity index is 786. The summed E-state index contributed by atoms with van der Waals surface area (Å²) in [7, 11) is 0. The standard InChI is InChI=1S/C23H32N2O5/c1-3-23(2,22(27)24-17-7-4-5-8-17)25(14-18-9-6-12-28-18)21(26)16-10-11-19-20(13-16)30-15-29-19/h10-11,13,17-18H,3-9,12,14-15H2,1-2H3,(H,24,27)/t18-,23-/m0/s1. The molecule has 3 aliphatic rings. The first-order valence-corrected chi connectivity index (χ1v) is 11.2. The molecule has 1 N–H and O–H groups in total. The summed E-state index contributed by atoms with van der Waals surface area (Å²) in [5.74, 6) is 0.930. The van der Waals surface area contributed by atoms with Gasteiger partial charge in [0.15, 0.2) is 11.5 Å². The van der Waals surface area contributed by atoms with Gasteiger partial charge in [-0.3, -0.25) is 9.59 Å². The molecule has 0 aromatic heterocycles. The number of benzene rings is 1. The van der Waals surface area contributed by atoms with Crippen LogP contribution in [0.1, 0.15) is 69.2 Å². The number of nitrogens with zero attached hydrogens (tertiary/aromatic N) is 1. The Kier molecular flexibility index (Phi) is 6.18. The summed E-state index contributed by atoms with van der Waals surface area (Å²) in [6, 6.07) is 5.40. The molecule has 2 amide bonds. The molecule has 1 saturated carbocycles. The predicted molar refractivity (Wildman–Crippen MR) is 112 cm³/mol. The summed E-state index contributed by atoms with van der Waals surface area (Å²) in [6.07, 6.45) is 6.65. The van der Waals surface area contributed by atoms with E-state index in [0.717, 1.165) is 38.5 Å². The number of hydrogen-bond donors (Lipinski definition) is 1. The minimum atomic E-state index is -0.956. The Morgan fingerprint density at radius 3 is 2.60 bits per heavy atom. The first kappa shape index (κ1) is 21.0. The summed E-state index contributed by atoms with van der Waals surface area (Å²) < 4.78 is 16.7. The van der Waals surface area contributed by atoms with Crippen LogP contribution >= 0.6 is 0 Å². The van der Waals surface area contributed by atoms with Gasteiger partial charge >= 0.3 is 0 Å². The third-order valence-electron chi connectivity index (χ3n) is 6.74. The summed E-state index contributed by atoms with van der Waals surface area (Å²) in [6.45, 7) is 5.09. The van der Waals surface area contributed by atoms with Crippen LogP contribution in [-0.2, 0) is 9.53 Å². The first-order chi connectivity index (χ1) is 14.5. The SMILES string of the molecule is CC[C@@](C)(C(=O)NC1CCCC1)N(C[C@@H]1CCCO1)C(=O)c1ccc2c(c1)OCO2. The fourth-order valence-corrected chi connectivity index (χ4v) is 4.57. The van der Waals surface area contributed by atoms with Crippen LogP contribution in [0.3, 0.4) is 0 Å². The molecule has 1 aliphatic carbocycles. The van der Waals surface area contributed by atoms with Crippen LogP contribution in [0.2, 0.25) is 0 Å². The van der Waals surface area contributed by atoms with Gasteiger partial charge in [-0.05, 0) is 57.2 Å². The minimum absolute atomic E-state index is 0.0480. The number of rotatable bonds is 7. The van der Waals surface area contributed by atoms with E-state index in [-0.39, 0.29) is 30.8 Å². The van der Waals surface area contributed by atoms with Crippen molar-refractivity contribution in [2.45, 2.75) is 76.5 Å². The normalized spacial score (nSPS) is 22.7. The van der Waals surface area contributed by atoms with Crippen LogP contribution < -0.4 is 14.8 Å². The monoisotopic (exact) mass is 416 g/mol. The molecule has 1 saturated heterocycles. The maximum absolute atomic E-state index is 13.7. The average Bonchev–Trinajstić information content (AvgIpc) is 3.53. The van der Waals surface area contributed by atoms with Crippen LogP contribution in [-0.4, -0.2) is 54.3 Å². The second kappa shape index (κ2) is 8.84. The van der Waals surface area contributed by atoms with Gasteiger partial charge in [-0.1, -0.05) is 19.8 Å². The van der Waals surface area contributed by atoms with E-state index >= 15 is 0 Å². The lowest BCUT2D eigenvalue weighted by Crippen LogP contribution is -2.61. The molecule has 0 radical (unpaired) electrons. The van der Waals surface area contributed by atoms with Crippen molar-refractivity contribution in [2.24, 2.45) is 0 Å². The molecule has 2 atom stereocenters. The topological polar surface area (TPSA) is 77.1 Å². The van der Waals surface area contributed by atoms with Gasteiger partial charge in [0, 0.05) is 24.8 Å². The van der Waals surface area contributed by atoms with E-state index in [1.807, 2.05) is 13.8 Å². The molecule has 1 aromatic rings. The lowest BCUT2D eigenvalue weighted by atomic mass is 9.92. The van der Waals surface area contributed by atoms with E-state index in [1.54, 1.807) is 23.1 Å². The maximum atomic E-state index is 13.7. The van der Waals surface area contributed by atoms with Gasteiger partial charge in [0.05, 0.1) is 6.10 Å². The van der Waals surface area contributed by atoms with Gasteiger partial charge in [0.2, 0.25) is 12.7 Å². The number of fused-ring (bicyclic) bond motifs is 1. The molecule has 2 aliphatic heterocycles. The molecule has 0 bridgehead atoms. The van der Waals surface area contributed by atoms with Gasteiger partial charge in [-0.2, -0.15) is 0 Å². The quantitative estimate of drug-likeness (QED) is 0.738. The van der Waals surface area contributed by atoms with Crippen molar-refractivity contribution in [3.8, 4) is 11.5 Å². The Balaban J connectivity index is 1.61. The minimum Gasteiger partial charge on any atom is -0.454 e.